The minimum absolute atomic E-state index is 0.150. The van der Waals surface area contributed by atoms with Crippen LogP contribution in [0.5, 0.6) is 0 Å². The van der Waals surface area contributed by atoms with Gasteiger partial charge in [0.15, 0.2) is 5.60 Å². The fourth-order valence-corrected chi connectivity index (χ4v) is 3.24. The maximum atomic E-state index is 11.0. The van der Waals surface area contributed by atoms with Crippen LogP contribution in [0.2, 0.25) is 0 Å². The normalized spacial score (nSPS) is 38.4. The molecule has 2 N–H and O–H groups in total. The maximum Gasteiger partial charge on any atom is 0.204 e. The molecule has 96 valence electrons. The lowest BCUT2D eigenvalue weighted by atomic mass is 9.68. The Labute approximate surface area is 107 Å². The maximum absolute atomic E-state index is 11.0. The van der Waals surface area contributed by atoms with Crippen LogP contribution in [0.1, 0.15) is 36.0 Å². The first kappa shape index (κ1) is 11.9. The van der Waals surface area contributed by atoms with Crippen LogP contribution in [0.25, 0.3) is 0 Å². The molecule has 3 rings (SSSR count). The van der Waals surface area contributed by atoms with Gasteiger partial charge in [-0.25, -0.2) is 0 Å². The van der Waals surface area contributed by atoms with Gasteiger partial charge in [0, 0.05) is 6.42 Å². The topological polar surface area (TPSA) is 49.7 Å². The summed E-state index contributed by atoms with van der Waals surface area (Å²) in [6.45, 7) is 8.09. The zero-order valence-electron chi connectivity index (χ0n) is 10.7. The highest BCUT2D eigenvalue weighted by molar-refractivity contribution is 5.48. The van der Waals surface area contributed by atoms with Crippen molar-refractivity contribution in [2.75, 3.05) is 6.61 Å². The molecule has 0 aromatic heterocycles. The Morgan fingerprint density at radius 3 is 2.83 bits per heavy atom. The molecule has 1 heterocycles. The average Bonchev–Trinajstić information content (AvgIpc) is 2.54. The molecule has 0 spiro atoms. The van der Waals surface area contributed by atoms with E-state index in [0.717, 1.165) is 16.7 Å². The van der Waals surface area contributed by atoms with Gasteiger partial charge < -0.3 is 14.9 Å². The van der Waals surface area contributed by atoms with Gasteiger partial charge in [-0.05, 0) is 29.5 Å². The van der Waals surface area contributed by atoms with Gasteiger partial charge in [-0.15, -0.1) is 0 Å². The van der Waals surface area contributed by atoms with E-state index in [2.05, 4.69) is 6.58 Å². The van der Waals surface area contributed by atoms with Crippen LogP contribution in [-0.4, -0.2) is 22.6 Å². The standard InChI is InChI=1S/C15H18O3/c1-9-4-5-12-10(2)7-14(16)15(17,13(12)6-9)11(3)8-18-14/h4-6,10,16-17H,3,7-8H2,1-2H3/t10-,14+,15+/m1/s1. The van der Waals surface area contributed by atoms with E-state index >= 15 is 0 Å². The zero-order valence-corrected chi connectivity index (χ0v) is 10.7. The van der Waals surface area contributed by atoms with Crippen molar-refractivity contribution >= 4 is 0 Å². The second kappa shape index (κ2) is 3.44. The minimum Gasteiger partial charge on any atom is -0.375 e. The summed E-state index contributed by atoms with van der Waals surface area (Å²) in [5.41, 5.74) is 1.92. The van der Waals surface area contributed by atoms with Crippen LogP contribution in [-0.2, 0) is 10.3 Å². The van der Waals surface area contributed by atoms with Gasteiger partial charge in [0.2, 0.25) is 5.79 Å². The molecule has 1 aliphatic carbocycles. The van der Waals surface area contributed by atoms with E-state index in [9.17, 15) is 10.2 Å². The third-order valence-corrected chi connectivity index (χ3v) is 4.27. The summed E-state index contributed by atoms with van der Waals surface area (Å²) in [5.74, 6) is -1.39. The summed E-state index contributed by atoms with van der Waals surface area (Å²) in [7, 11) is 0. The van der Waals surface area contributed by atoms with Gasteiger partial charge in [-0.1, -0.05) is 37.3 Å². The SMILES string of the molecule is C=C1CO[C@@]2(O)C[C@@H](C)c3ccc(C)cc3[C@@]12O. The van der Waals surface area contributed by atoms with Crippen molar-refractivity contribution in [2.45, 2.75) is 37.6 Å². The molecule has 1 aliphatic heterocycles. The second-order valence-corrected chi connectivity index (χ2v) is 5.58. The molecule has 0 amide bonds. The summed E-state index contributed by atoms with van der Waals surface area (Å²) in [5, 5.41) is 21.6. The Morgan fingerprint density at radius 1 is 1.39 bits per heavy atom. The molecule has 1 saturated heterocycles. The van der Waals surface area contributed by atoms with Crippen LogP contribution in [0.4, 0.5) is 0 Å². The molecule has 0 radical (unpaired) electrons. The van der Waals surface area contributed by atoms with E-state index in [0.29, 0.717) is 12.0 Å². The molecule has 1 aromatic carbocycles. The van der Waals surface area contributed by atoms with E-state index in [1.54, 1.807) is 0 Å². The van der Waals surface area contributed by atoms with Crippen molar-refractivity contribution in [3.63, 3.8) is 0 Å². The summed E-state index contributed by atoms with van der Waals surface area (Å²) in [6.07, 6.45) is 0.387. The zero-order chi connectivity index (χ0) is 13.1. The van der Waals surface area contributed by atoms with Crippen molar-refractivity contribution in [2.24, 2.45) is 0 Å². The fourth-order valence-electron chi connectivity index (χ4n) is 3.24. The number of hydrogen-bond acceptors (Lipinski definition) is 3. The van der Waals surface area contributed by atoms with Crippen LogP contribution in [0.3, 0.4) is 0 Å². The van der Waals surface area contributed by atoms with E-state index in [1.807, 2.05) is 32.0 Å². The molecule has 3 nitrogen and oxygen atoms in total. The number of hydrogen-bond donors (Lipinski definition) is 2. The largest absolute Gasteiger partial charge is 0.375 e. The smallest absolute Gasteiger partial charge is 0.204 e. The monoisotopic (exact) mass is 246 g/mol. The number of rotatable bonds is 0. The predicted molar refractivity (Wildman–Crippen MR) is 68.1 cm³/mol. The number of benzene rings is 1. The predicted octanol–water partition coefficient (Wildman–Crippen LogP) is 1.96. The Morgan fingerprint density at radius 2 is 2.11 bits per heavy atom. The first-order valence-electron chi connectivity index (χ1n) is 6.26. The minimum atomic E-state index is -1.54. The van der Waals surface area contributed by atoms with Crippen LogP contribution < -0.4 is 0 Å². The van der Waals surface area contributed by atoms with Crippen molar-refractivity contribution in [3.8, 4) is 0 Å². The summed E-state index contributed by atoms with van der Waals surface area (Å²) in [4.78, 5) is 0. The third-order valence-electron chi connectivity index (χ3n) is 4.27. The van der Waals surface area contributed by atoms with E-state index in [-0.39, 0.29) is 12.5 Å². The van der Waals surface area contributed by atoms with Gasteiger partial charge in [-0.3, -0.25) is 0 Å². The third kappa shape index (κ3) is 1.24. The highest BCUT2D eigenvalue weighted by atomic mass is 16.6. The summed E-state index contributed by atoms with van der Waals surface area (Å²) >= 11 is 0. The van der Waals surface area contributed by atoms with E-state index in [4.69, 9.17) is 4.74 Å². The quantitative estimate of drug-likeness (QED) is 0.688. The lowest BCUT2D eigenvalue weighted by Gasteiger charge is -2.44. The molecule has 0 unspecified atom stereocenters. The average molecular weight is 246 g/mol. The highest BCUT2D eigenvalue weighted by Gasteiger charge is 2.61. The van der Waals surface area contributed by atoms with Gasteiger partial charge in [-0.2, -0.15) is 0 Å². The van der Waals surface area contributed by atoms with Gasteiger partial charge in [0.1, 0.15) is 0 Å². The van der Waals surface area contributed by atoms with Crippen LogP contribution in [0, 0.1) is 6.92 Å². The number of fused-ring (bicyclic) bond motifs is 3. The Kier molecular flexibility index (Phi) is 2.28. The van der Waals surface area contributed by atoms with Crippen LogP contribution in [0.15, 0.2) is 30.4 Å². The molecule has 1 fully saturated rings. The number of ether oxygens (including phenoxy) is 1. The lowest BCUT2D eigenvalue weighted by molar-refractivity contribution is -0.265. The fraction of sp³-hybridized carbons (Fsp3) is 0.467. The molecule has 2 aliphatic rings. The van der Waals surface area contributed by atoms with Crippen molar-refractivity contribution in [3.05, 3.63) is 47.0 Å². The molecule has 3 atom stereocenters. The number of aryl methyl sites for hydroxylation is 1. The molecule has 0 saturated carbocycles. The summed E-state index contributed by atoms with van der Waals surface area (Å²) in [6, 6.07) is 5.98. The number of aliphatic hydroxyl groups is 2. The molecular weight excluding hydrogens is 228 g/mol. The summed E-state index contributed by atoms with van der Waals surface area (Å²) < 4.78 is 5.43. The molecule has 18 heavy (non-hydrogen) atoms. The molecule has 1 aromatic rings. The first-order chi connectivity index (χ1) is 8.38. The van der Waals surface area contributed by atoms with Gasteiger partial charge >= 0.3 is 0 Å². The van der Waals surface area contributed by atoms with E-state index < -0.39 is 11.4 Å². The Bertz CT molecular complexity index is 537. The molecule has 0 bridgehead atoms. The van der Waals surface area contributed by atoms with Gasteiger partial charge in [0.05, 0.1) is 6.61 Å². The molecule has 3 heteroatoms. The van der Waals surface area contributed by atoms with Crippen LogP contribution >= 0.6 is 0 Å². The highest BCUT2D eigenvalue weighted by Crippen LogP contribution is 2.54. The van der Waals surface area contributed by atoms with Crippen molar-refractivity contribution in [1.82, 2.24) is 0 Å². The van der Waals surface area contributed by atoms with E-state index in [1.165, 1.54) is 0 Å². The first-order valence-corrected chi connectivity index (χ1v) is 6.26. The Balaban J connectivity index is 2.30. The molecular formula is C15H18O3. The second-order valence-electron chi connectivity index (χ2n) is 5.58. The van der Waals surface area contributed by atoms with Crippen molar-refractivity contribution in [1.29, 1.82) is 0 Å². The Hall–Kier alpha value is -1.16. The van der Waals surface area contributed by atoms with Gasteiger partial charge in [0.25, 0.3) is 0 Å². The van der Waals surface area contributed by atoms with Crippen molar-refractivity contribution < 1.29 is 14.9 Å². The lowest BCUT2D eigenvalue weighted by Crippen LogP contribution is -2.53.